The van der Waals surface area contributed by atoms with Gasteiger partial charge in [0.1, 0.15) is 11.0 Å². The summed E-state index contributed by atoms with van der Waals surface area (Å²) in [7, 11) is 0. The van der Waals surface area contributed by atoms with Gasteiger partial charge in [-0.05, 0) is 37.5 Å². The maximum absolute atomic E-state index is 12.5. The Balaban J connectivity index is 2.13. The van der Waals surface area contributed by atoms with E-state index in [0.717, 1.165) is 5.01 Å². The third-order valence-electron chi connectivity index (χ3n) is 3.26. The molecule has 1 atom stereocenters. The molecule has 2 aromatic rings. The van der Waals surface area contributed by atoms with Crippen molar-refractivity contribution in [3.8, 4) is 0 Å². The Morgan fingerprint density at radius 2 is 1.96 bits per heavy atom. The van der Waals surface area contributed by atoms with Gasteiger partial charge in [-0.3, -0.25) is 14.9 Å². The minimum Gasteiger partial charge on any atom is -0.340 e. The van der Waals surface area contributed by atoms with E-state index in [1.54, 1.807) is 13.0 Å². The Kier molecular flexibility index (Phi) is 6.75. The first kappa shape index (κ1) is 19.6. The molecule has 0 aliphatic heterocycles. The van der Waals surface area contributed by atoms with Crippen LogP contribution >= 0.6 is 34.5 Å². The van der Waals surface area contributed by atoms with E-state index in [-0.39, 0.29) is 22.4 Å². The van der Waals surface area contributed by atoms with E-state index < -0.39 is 11.9 Å². The summed E-state index contributed by atoms with van der Waals surface area (Å²) in [5.74, 6) is -0.577. The molecular weight excluding hydrogens is 383 g/mol. The Morgan fingerprint density at radius 1 is 1.24 bits per heavy atom. The van der Waals surface area contributed by atoms with Crippen LogP contribution in [0.5, 0.6) is 0 Å². The molecule has 6 nitrogen and oxygen atoms in total. The highest BCUT2D eigenvalue weighted by Crippen LogP contribution is 2.21. The van der Waals surface area contributed by atoms with Gasteiger partial charge in [0.2, 0.25) is 11.0 Å². The van der Waals surface area contributed by atoms with Gasteiger partial charge in [0.05, 0.1) is 10.6 Å². The molecule has 9 heteroatoms. The number of amides is 2. The minimum absolute atomic E-state index is 0.202. The van der Waals surface area contributed by atoms with E-state index in [1.165, 1.54) is 23.5 Å². The molecule has 2 N–H and O–H groups in total. The number of halogens is 2. The van der Waals surface area contributed by atoms with Crippen molar-refractivity contribution in [1.29, 1.82) is 0 Å². The lowest BCUT2D eigenvalue weighted by atomic mass is 10.0. The van der Waals surface area contributed by atoms with Crippen molar-refractivity contribution in [2.24, 2.45) is 5.92 Å². The molecule has 0 aliphatic carbocycles. The van der Waals surface area contributed by atoms with E-state index in [2.05, 4.69) is 20.8 Å². The van der Waals surface area contributed by atoms with Crippen LogP contribution in [0.2, 0.25) is 10.0 Å². The SMILES string of the molecule is Cc1nnc(NC(=O)C(CC(C)C)NC(=O)c2ccc(Cl)cc2Cl)s1. The first-order valence-electron chi connectivity index (χ1n) is 7.63. The molecule has 0 bridgehead atoms. The number of aryl methyl sites for hydroxylation is 1. The van der Waals surface area contributed by atoms with Gasteiger partial charge in [-0.15, -0.1) is 10.2 Å². The third kappa shape index (κ3) is 5.66. The smallest absolute Gasteiger partial charge is 0.253 e. The second-order valence-corrected chi connectivity index (χ2v) is 7.92. The standard InChI is InChI=1S/C16H18Cl2N4O2S/c1-8(2)6-13(15(24)20-16-22-21-9(3)25-16)19-14(23)11-5-4-10(17)7-12(11)18/h4-5,7-8,13H,6H2,1-3H3,(H,19,23)(H,20,22,24). The molecule has 0 aliphatic rings. The van der Waals surface area contributed by atoms with Gasteiger partial charge in [0, 0.05) is 5.02 Å². The molecule has 1 aromatic carbocycles. The molecule has 1 heterocycles. The van der Waals surface area contributed by atoms with Crippen LogP contribution in [-0.2, 0) is 4.79 Å². The first-order chi connectivity index (χ1) is 11.8. The predicted octanol–water partition coefficient (Wildman–Crippen LogP) is 3.94. The molecule has 0 fully saturated rings. The average molecular weight is 401 g/mol. The lowest BCUT2D eigenvalue weighted by Gasteiger charge is -2.19. The van der Waals surface area contributed by atoms with Crippen LogP contribution in [0.15, 0.2) is 18.2 Å². The molecule has 25 heavy (non-hydrogen) atoms. The monoisotopic (exact) mass is 400 g/mol. The van der Waals surface area contributed by atoms with Crippen molar-refractivity contribution >= 4 is 51.5 Å². The second-order valence-electron chi connectivity index (χ2n) is 5.90. The molecular formula is C16H18Cl2N4O2S. The number of nitrogens with zero attached hydrogens (tertiary/aromatic N) is 2. The molecule has 0 saturated carbocycles. The average Bonchev–Trinajstić information content (AvgIpc) is 2.91. The Morgan fingerprint density at radius 3 is 2.52 bits per heavy atom. The lowest BCUT2D eigenvalue weighted by molar-refractivity contribution is -0.118. The van der Waals surface area contributed by atoms with E-state index >= 15 is 0 Å². The van der Waals surface area contributed by atoms with Gasteiger partial charge in [-0.1, -0.05) is 48.4 Å². The number of carbonyl (C=O) groups excluding carboxylic acids is 2. The van der Waals surface area contributed by atoms with Crippen molar-refractivity contribution < 1.29 is 9.59 Å². The van der Waals surface area contributed by atoms with Gasteiger partial charge < -0.3 is 5.32 Å². The molecule has 0 spiro atoms. The molecule has 2 amide bonds. The number of rotatable bonds is 6. The molecule has 0 radical (unpaired) electrons. The normalized spacial score (nSPS) is 12.1. The molecule has 1 unspecified atom stereocenters. The fraction of sp³-hybridized carbons (Fsp3) is 0.375. The van der Waals surface area contributed by atoms with E-state index in [1.807, 2.05) is 13.8 Å². The Labute approximate surface area is 159 Å². The number of aromatic nitrogens is 2. The van der Waals surface area contributed by atoms with Gasteiger partial charge in [0.15, 0.2) is 0 Å². The predicted molar refractivity (Wildman–Crippen MR) is 100 cm³/mol. The quantitative estimate of drug-likeness (QED) is 0.768. The van der Waals surface area contributed by atoms with Crippen molar-refractivity contribution in [3.05, 3.63) is 38.8 Å². The van der Waals surface area contributed by atoms with E-state index in [0.29, 0.717) is 16.6 Å². The van der Waals surface area contributed by atoms with Crippen LogP contribution in [0.3, 0.4) is 0 Å². The van der Waals surface area contributed by atoms with Crippen LogP contribution in [0.25, 0.3) is 0 Å². The summed E-state index contributed by atoms with van der Waals surface area (Å²) in [6.07, 6.45) is 0.473. The van der Waals surface area contributed by atoms with Crippen LogP contribution < -0.4 is 10.6 Å². The van der Waals surface area contributed by atoms with Crippen LogP contribution in [0, 0.1) is 12.8 Å². The first-order valence-corrected chi connectivity index (χ1v) is 9.20. The van der Waals surface area contributed by atoms with Crippen molar-refractivity contribution in [3.63, 3.8) is 0 Å². The Hall–Kier alpha value is -1.70. The van der Waals surface area contributed by atoms with E-state index in [4.69, 9.17) is 23.2 Å². The number of benzene rings is 1. The number of hydrogen-bond acceptors (Lipinski definition) is 5. The van der Waals surface area contributed by atoms with Crippen molar-refractivity contribution in [2.75, 3.05) is 5.32 Å². The van der Waals surface area contributed by atoms with Crippen LogP contribution in [-0.4, -0.2) is 28.1 Å². The maximum atomic E-state index is 12.5. The zero-order chi connectivity index (χ0) is 18.6. The second kappa shape index (κ2) is 8.60. The molecule has 1 aromatic heterocycles. The highest BCUT2D eigenvalue weighted by Gasteiger charge is 2.24. The summed E-state index contributed by atoms with van der Waals surface area (Å²) < 4.78 is 0. The van der Waals surface area contributed by atoms with Crippen LogP contribution in [0.4, 0.5) is 5.13 Å². The summed E-state index contributed by atoms with van der Waals surface area (Å²) in [6, 6.07) is 3.87. The molecule has 134 valence electrons. The fourth-order valence-electron chi connectivity index (χ4n) is 2.15. The van der Waals surface area contributed by atoms with Crippen molar-refractivity contribution in [2.45, 2.75) is 33.2 Å². The summed E-state index contributed by atoms with van der Waals surface area (Å²) in [4.78, 5) is 25.0. The van der Waals surface area contributed by atoms with E-state index in [9.17, 15) is 9.59 Å². The summed E-state index contributed by atoms with van der Waals surface area (Å²) in [5.41, 5.74) is 0.263. The van der Waals surface area contributed by atoms with Crippen LogP contribution in [0.1, 0.15) is 35.6 Å². The largest absolute Gasteiger partial charge is 0.340 e. The Bertz CT molecular complexity index is 779. The number of nitrogens with one attached hydrogen (secondary N) is 2. The summed E-state index contributed by atoms with van der Waals surface area (Å²) in [6.45, 7) is 5.73. The minimum atomic E-state index is -0.719. The van der Waals surface area contributed by atoms with Crippen molar-refractivity contribution in [1.82, 2.24) is 15.5 Å². The molecule has 2 rings (SSSR count). The third-order valence-corrected chi connectivity index (χ3v) is 4.56. The van der Waals surface area contributed by atoms with Gasteiger partial charge in [0.25, 0.3) is 5.91 Å². The maximum Gasteiger partial charge on any atom is 0.253 e. The molecule has 0 saturated heterocycles. The van der Waals surface area contributed by atoms with Gasteiger partial charge in [-0.2, -0.15) is 0 Å². The van der Waals surface area contributed by atoms with Gasteiger partial charge >= 0.3 is 0 Å². The fourth-order valence-corrected chi connectivity index (χ4v) is 3.24. The summed E-state index contributed by atoms with van der Waals surface area (Å²) >= 11 is 13.2. The number of anilines is 1. The zero-order valence-corrected chi connectivity index (χ0v) is 16.3. The number of hydrogen-bond donors (Lipinski definition) is 2. The van der Waals surface area contributed by atoms with Gasteiger partial charge in [-0.25, -0.2) is 0 Å². The summed E-state index contributed by atoms with van der Waals surface area (Å²) in [5, 5.41) is 14.9. The number of carbonyl (C=O) groups is 2. The highest BCUT2D eigenvalue weighted by atomic mass is 35.5. The lowest BCUT2D eigenvalue weighted by Crippen LogP contribution is -2.44. The zero-order valence-electron chi connectivity index (χ0n) is 14.0. The highest BCUT2D eigenvalue weighted by molar-refractivity contribution is 7.15. The topological polar surface area (TPSA) is 84.0 Å².